The zero-order valence-corrected chi connectivity index (χ0v) is 8.70. The standard InChI is InChI=1S/C11H9N5/c1-8-5-10(9-3-2-4-12-6-9)16-11(15-8)13-7-14-16/h2-7H,1H3. The van der Waals surface area contributed by atoms with Crippen LogP contribution in [0.3, 0.4) is 0 Å². The van der Waals surface area contributed by atoms with Crippen LogP contribution in [0.15, 0.2) is 36.9 Å². The molecule has 3 rings (SSSR count). The predicted octanol–water partition coefficient (Wildman–Crippen LogP) is 1.49. The quantitative estimate of drug-likeness (QED) is 0.612. The Balaban J connectivity index is 2.34. The fourth-order valence-corrected chi connectivity index (χ4v) is 1.65. The second kappa shape index (κ2) is 3.37. The van der Waals surface area contributed by atoms with Crippen LogP contribution in [-0.4, -0.2) is 24.6 Å². The highest BCUT2D eigenvalue weighted by Crippen LogP contribution is 2.18. The SMILES string of the molecule is Cc1cc(-c2cccnc2)n2ncnc2n1. The summed E-state index contributed by atoms with van der Waals surface area (Å²) < 4.78 is 1.71. The summed E-state index contributed by atoms with van der Waals surface area (Å²) in [7, 11) is 0. The highest BCUT2D eigenvalue weighted by molar-refractivity contribution is 5.60. The number of fused-ring (bicyclic) bond motifs is 1. The lowest BCUT2D eigenvalue weighted by atomic mass is 10.2. The van der Waals surface area contributed by atoms with Crippen molar-refractivity contribution in [3.63, 3.8) is 0 Å². The number of hydrogen-bond donors (Lipinski definition) is 0. The molecule has 0 unspecified atom stereocenters. The van der Waals surface area contributed by atoms with Gasteiger partial charge in [-0.2, -0.15) is 14.6 Å². The molecule has 0 fully saturated rings. The topological polar surface area (TPSA) is 56.0 Å². The van der Waals surface area contributed by atoms with Crippen LogP contribution in [0.4, 0.5) is 0 Å². The smallest absolute Gasteiger partial charge is 0.252 e. The van der Waals surface area contributed by atoms with E-state index in [1.165, 1.54) is 6.33 Å². The van der Waals surface area contributed by atoms with E-state index in [0.29, 0.717) is 5.78 Å². The van der Waals surface area contributed by atoms with Crippen LogP contribution in [0.2, 0.25) is 0 Å². The molecule has 0 bridgehead atoms. The van der Waals surface area contributed by atoms with Gasteiger partial charge in [0.15, 0.2) is 0 Å². The van der Waals surface area contributed by atoms with E-state index >= 15 is 0 Å². The van der Waals surface area contributed by atoms with Crippen molar-refractivity contribution in [1.82, 2.24) is 24.6 Å². The molecular formula is C11H9N5. The Morgan fingerprint density at radius 3 is 3.06 bits per heavy atom. The van der Waals surface area contributed by atoms with Gasteiger partial charge in [-0.25, -0.2) is 4.98 Å². The lowest BCUT2D eigenvalue weighted by Gasteiger charge is -2.04. The van der Waals surface area contributed by atoms with Gasteiger partial charge in [-0.1, -0.05) is 0 Å². The summed E-state index contributed by atoms with van der Waals surface area (Å²) in [5.41, 5.74) is 2.87. The minimum atomic E-state index is 0.610. The largest absolute Gasteiger partial charge is 0.264 e. The Morgan fingerprint density at radius 2 is 2.25 bits per heavy atom. The third-order valence-electron chi connectivity index (χ3n) is 2.34. The lowest BCUT2D eigenvalue weighted by Crippen LogP contribution is -1.98. The van der Waals surface area contributed by atoms with E-state index in [9.17, 15) is 0 Å². The molecular weight excluding hydrogens is 202 g/mol. The van der Waals surface area contributed by atoms with Gasteiger partial charge in [-0.3, -0.25) is 4.98 Å². The zero-order valence-electron chi connectivity index (χ0n) is 8.70. The first-order valence-corrected chi connectivity index (χ1v) is 4.92. The normalized spacial score (nSPS) is 10.8. The second-order valence-corrected chi connectivity index (χ2v) is 3.50. The zero-order chi connectivity index (χ0) is 11.0. The van der Waals surface area contributed by atoms with E-state index in [4.69, 9.17) is 0 Å². The van der Waals surface area contributed by atoms with Crippen LogP contribution < -0.4 is 0 Å². The molecule has 3 aromatic heterocycles. The average Bonchev–Trinajstić information content (AvgIpc) is 2.77. The molecule has 0 saturated carbocycles. The molecule has 0 N–H and O–H groups in total. The number of aryl methyl sites for hydroxylation is 1. The summed E-state index contributed by atoms with van der Waals surface area (Å²) >= 11 is 0. The van der Waals surface area contributed by atoms with Gasteiger partial charge in [0.05, 0.1) is 5.69 Å². The van der Waals surface area contributed by atoms with Gasteiger partial charge in [0.25, 0.3) is 5.78 Å². The lowest BCUT2D eigenvalue weighted by molar-refractivity contribution is 0.936. The van der Waals surface area contributed by atoms with Crippen molar-refractivity contribution in [2.75, 3.05) is 0 Å². The number of nitrogens with zero attached hydrogens (tertiary/aromatic N) is 5. The van der Waals surface area contributed by atoms with Crippen molar-refractivity contribution in [3.8, 4) is 11.3 Å². The van der Waals surface area contributed by atoms with E-state index in [2.05, 4.69) is 20.1 Å². The maximum Gasteiger partial charge on any atom is 0.252 e. The molecule has 0 aliphatic rings. The van der Waals surface area contributed by atoms with E-state index in [1.807, 2.05) is 25.1 Å². The second-order valence-electron chi connectivity index (χ2n) is 3.50. The average molecular weight is 211 g/mol. The summed E-state index contributed by atoms with van der Waals surface area (Å²) in [4.78, 5) is 12.5. The molecule has 16 heavy (non-hydrogen) atoms. The molecule has 0 atom stereocenters. The summed E-state index contributed by atoms with van der Waals surface area (Å²) in [5.74, 6) is 0.610. The minimum absolute atomic E-state index is 0.610. The highest BCUT2D eigenvalue weighted by atomic mass is 15.3. The van der Waals surface area contributed by atoms with E-state index < -0.39 is 0 Å². The van der Waals surface area contributed by atoms with Crippen LogP contribution in [0, 0.1) is 6.92 Å². The number of rotatable bonds is 1. The van der Waals surface area contributed by atoms with Crippen molar-refractivity contribution in [3.05, 3.63) is 42.6 Å². The summed E-state index contributed by atoms with van der Waals surface area (Å²) in [6.45, 7) is 1.94. The third-order valence-corrected chi connectivity index (χ3v) is 2.34. The summed E-state index contributed by atoms with van der Waals surface area (Å²) in [6, 6.07) is 5.86. The molecule has 0 aromatic carbocycles. The van der Waals surface area contributed by atoms with Gasteiger partial charge < -0.3 is 0 Å². The number of aromatic nitrogens is 5. The van der Waals surface area contributed by atoms with Crippen LogP contribution in [0.5, 0.6) is 0 Å². The molecule has 0 radical (unpaired) electrons. The molecule has 3 heterocycles. The molecule has 0 aliphatic carbocycles. The van der Waals surface area contributed by atoms with E-state index in [-0.39, 0.29) is 0 Å². The van der Waals surface area contributed by atoms with Gasteiger partial charge >= 0.3 is 0 Å². The Hall–Kier alpha value is -2.30. The van der Waals surface area contributed by atoms with Gasteiger partial charge in [-0.15, -0.1) is 0 Å². The molecule has 5 nitrogen and oxygen atoms in total. The molecule has 0 saturated heterocycles. The maximum atomic E-state index is 4.29. The van der Waals surface area contributed by atoms with Crippen molar-refractivity contribution in [1.29, 1.82) is 0 Å². The van der Waals surface area contributed by atoms with Gasteiger partial charge in [-0.05, 0) is 25.1 Å². The van der Waals surface area contributed by atoms with Gasteiger partial charge in [0.2, 0.25) is 0 Å². The molecule has 0 spiro atoms. The van der Waals surface area contributed by atoms with Crippen molar-refractivity contribution in [2.24, 2.45) is 0 Å². The molecule has 0 amide bonds. The van der Waals surface area contributed by atoms with Gasteiger partial charge in [0.1, 0.15) is 6.33 Å². The van der Waals surface area contributed by atoms with Crippen LogP contribution in [0.25, 0.3) is 17.0 Å². The Labute approximate surface area is 91.8 Å². The first-order valence-electron chi connectivity index (χ1n) is 4.92. The van der Waals surface area contributed by atoms with Crippen molar-refractivity contribution < 1.29 is 0 Å². The third kappa shape index (κ3) is 1.33. The molecule has 78 valence electrons. The van der Waals surface area contributed by atoms with E-state index in [1.54, 1.807) is 16.9 Å². The highest BCUT2D eigenvalue weighted by Gasteiger charge is 2.07. The fourth-order valence-electron chi connectivity index (χ4n) is 1.65. The monoisotopic (exact) mass is 211 g/mol. The molecule has 3 aromatic rings. The van der Waals surface area contributed by atoms with Crippen molar-refractivity contribution >= 4 is 5.78 Å². The number of pyridine rings is 1. The minimum Gasteiger partial charge on any atom is -0.264 e. The van der Waals surface area contributed by atoms with Crippen LogP contribution >= 0.6 is 0 Å². The maximum absolute atomic E-state index is 4.29. The predicted molar refractivity (Wildman–Crippen MR) is 58.8 cm³/mol. The summed E-state index contributed by atoms with van der Waals surface area (Å²) in [5, 5.41) is 4.15. The van der Waals surface area contributed by atoms with Gasteiger partial charge in [0, 0.05) is 23.7 Å². The first kappa shape index (κ1) is 8.96. The Morgan fingerprint density at radius 1 is 1.31 bits per heavy atom. The first-order chi connectivity index (χ1) is 7.84. The molecule has 5 heteroatoms. The number of hydrogen-bond acceptors (Lipinski definition) is 4. The summed E-state index contributed by atoms with van der Waals surface area (Å²) in [6.07, 6.45) is 5.05. The Kier molecular flexibility index (Phi) is 1.89. The van der Waals surface area contributed by atoms with Crippen LogP contribution in [-0.2, 0) is 0 Å². The van der Waals surface area contributed by atoms with Crippen LogP contribution in [0.1, 0.15) is 5.69 Å². The van der Waals surface area contributed by atoms with Crippen molar-refractivity contribution in [2.45, 2.75) is 6.92 Å². The fraction of sp³-hybridized carbons (Fsp3) is 0.0909. The van der Waals surface area contributed by atoms with E-state index in [0.717, 1.165) is 17.0 Å². The Bertz CT molecular complexity index is 629. The molecule has 0 aliphatic heterocycles.